The summed E-state index contributed by atoms with van der Waals surface area (Å²) in [4.78, 5) is 28.5. The van der Waals surface area contributed by atoms with Gasteiger partial charge in [-0.3, -0.25) is 4.52 Å². The number of phosphoric ester groups is 1. The molecule has 0 fully saturated rings. The zero-order valence-corrected chi connectivity index (χ0v) is 15.5. The van der Waals surface area contributed by atoms with Gasteiger partial charge >= 0.3 is 13.8 Å². The maximum atomic E-state index is 11.4. The van der Waals surface area contributed by atoms with Crippen molar-refractivity contribution in [2.75, 3.05) is 33.0 Å². The first-order valence-corrected chi connectivity index (χ1v) is 9.97. The number of ether oxygens (including phenoxy) is 3. The van der Waals surface area contributed by atoms with Crippen molar-refractivity contribution >= 4 is 13.8 Å². The van der Waals surface area contributed by atoms with Crippen LogP contribution in [0.4, 0.5) is 0 Å². The molecule has 2 N–H and O–H groups in total. The third-order valence-electron chi connectivity index (χ3n) is 3.08. The first-order valence-electron chi connectivity index (χ1n) is 8.44. The van der Waals surface area contributed by atoms with E-state index in [0.29, 0.717) is 19.8 Å². The Labute approximate surface area is 144 Å². The van der Waals surface area contributed by atoms with E-state index in [1.807, 2.05) is 0 Å². The van der Waals surface area contributed by atoms with Crippen molar-refractivity contribution in [2.45, 2.75) is 58.5 Å². The fourth-order valence-electron chi connectivity index (χ4n) is 1.78. The van der Waals surface area contributed by atoms with Gasteiger partial charge < -0.3 is 24.0 Å². The van der Waals surface area contributed by atoms with Crippen LogP contribution in [0.15, 0.2) is 0 Å². The van der Waals surface area contributed by atoms with Crippen LogP contribution in [0.25, 0.3) is 0 Å². The molecule has 8 nitrogen and oxygen atoms in total. The predicted octanol–water partition coefficient (Wildman–Crippen LogP) is 2.42. The molecule has 0 saturated heterocycles. The van der Waals surface area contributed by atoms with E-state index >= 15 is 0 Å². The topological polar surface area (TPSA) is 112 Å². The van der Waals surface area contributed by atoms with Gasteiger partial charge in [-0.2, -0.15) is 0 Å². The molecule has 0 aliphatic rings. The van der Waals surface area contributed by atoms with Gasteiger partial charge in [0, 0.05) is 13.2 Å². The molecule has 1 atom stereocenters. The minimum Gasteiger partial charge on any atom is -0.461 e. The van der Waals surface area contributed by atoms with Crippen LogP contribution < -0.4 is 0 Å². The van der Waals surface area contributed by atoms with Crippen molar-refractivity contribution in [3.63, 3.8) is 0 Å². The van der Waals surface area contributed by atoms with E-state index < -0.39 is 26.5 Å². The van der Waals surface area contributed by atoms with Crippen LogP contribution in [0.3, 0.4) is 0 Å². The minimum absolute atomic E-state index is 0.0384. The standard InChI is InChI=1S/C15H31O8P/c1-3-5-7-9-20-11-14(21-10-8-6-4-2)12-22-15(16)13-23-24(17,18)19/h14H,3-13H2,1-2H3,(H2,17,18,19). The number of unbranched alkanes of at least 4 members (excludes halogenated alkanes) is 4. The number of hydrogen-bond donors (Lipinski definition) is 2. The van der Waals surface area contributed by atoms with Gasteiger partial charge in [0.15, 0.2) is 6.61 Å². The Kier molecular flexibility index (Phi) is 14.5. The van der Waals surface area contributed by atoms with Gasteiger partial charge in [0.1, 0.15) is 12.7 Å². The van der Waals surface area contributed by atoms with E-state index in [0.717, 1.165) is 38.5 Å². The van der Waals surface area contributed by atoms with E-state index in [2.05, 4.69) is 18.4 Å². The zero-order chi connectivity index (χ0) is 18.3. The Hall–Kier alpha value is -0.500. The lowest BCUT2D eigenvalue weighted by Crippen LogP contribution is -2.29. The van der Waals surface area contributed by atoms with Crippen molar-refractivity contribution in [2.24, 2.45) is 0 Å². The van der Waals surface area contributed by atoms with Gasteiger partial charge in [-0.15, -0.1) is 0 Å². The number of carbonyl (C=O) groups excluding carboxylic acids is 1. The lowest BCUT2D eigenvalue weighted by molar-refractivity contribution is -0.152. The molecule has 9 heteroatoms. The molecule has 0 bridgehead atoms. The quantitative estimate of drug-likeness (QED) is 0.242. The summed E-state index contributed by atoms with van der Waals surface area (Å²) >= 11 is 0. The summed E-state index contributed by atoms with van der Waals surface area (Å²) < 4.78 is 30.7. The molecule has 0 aromatic heterocycles. The highest BCUT2D eigenvalue weighted by Crippen LogP contribution is 2.35. The zero-order valence-electron chi connectivity index (χ0n) is 14.6. The Morgan fingerprint density at radius 3 is 2.21 bits per heavy atom. The van der Waals surface area contributed by atoms with Gasteiger partial charge in [0.25, 0.3) is 0 Å². The van der Waals surface area contributed by atoms with E-state index in [1.54, 1.807) is 0 Å². The smallest absolute Gasteiger partial charge is 0.461 e. The lowest BCUT2D eigenvalue weighted by atomic mass is 10.2. The SMILES string of the molecule is CCCCCOCC(COC(=O)COP(=O)(O)O)OCCCCC. The average molecular weight is 370 g/mol. The first kappa shape index (κ1) is 23.5. The van der Waals surface area contributed by atoms with Gasteiger partial charge in [-0.1, -0.05) is 39.5 Å². The number of phosphoric acid groups is 1. The van der Waals surface area contributed by atoms with E-state index in [9.17, 15) is 9.36 Å². The van der Waals surface area contributed by atoms with Crippen molar-refractivity contribution in [3.05, 3.63) is 0 Å². The van der Waals surface area contributed by atoms with Crippen molar-refractivity contribution in [3.8, 4) is 0 Å². The molecule has 0 radical (unpaired) electrons. The van der Waals surface area contributed by atoms with Gasteiger partial charge in [0.05, 0.1) is 6.61 Å². The molecule has 0 aliphatic heterocycles. The van der Waals surface area contributed by atoms with Crippen molar-refractivity contribution < 1.29 is 37.9 Å². The molecule has 1 unspecified atom stereocenters. The molecule has 0 rings (SSSR count). The summed E-state index contributed by atoms with van der Waals surface area (Å²) in [6.07, 6.45) is 5.82. The normalized spacial score (nSPS) is 13.0. The predicted molar refractivity (Wildman–Crippen MR) is 88.6 cm³/mol. The number of rotatable bonds is 16. The average Bonchev–Trinajstić information content (AvgIpc) is 2.52. The second-order valence-corrected chi connectivity index (χ2v) is 6.67. The maximum Gasteiger partial charge on any atom is 0.470 e. The number of carbonyl (C=O) groups is 1. The van der Waals surface area contributed by atoms with Gasteiger partial charge in [-0.25, -0.2) is 9.36 Å². The number of esters is 1. The summed E-state index contributed by atoms with van der Waals surface area (Å²) in [6, 6.07) is 0. The highest BCUT2D eigenvalue weighted by Gasteiger charge is 2.18. The molecular formula is C15H31O8P. The minimum atomic E-state index is -4.68. The summed E-state index contributed by atoms with van der Waals surface area (Å²) in [5, 5.41) is 0. The molecule has 24 heavy (non-hydrogen) atoms. The van der Waals surface area contributed by atoms with Crippen molar-refractivity contribution in [1.82, 2.24) is 0 Å². The Balaban J connectivity index is 4.06. The Bertz CT molecular complexity index is 357. The molecular weight excluding hydrogens is 339 g/mol. The van der Waals surface area contributed by atoms with Crippen LogP contribution >= 0.6 is 7.82 Å². The van der Waals surface area contributed by atoms with Crippen LogP contribution in [-0.4, -0.2) is 54.9 Å². The Morgan fingerprint density at radius 2 is 1.62 bits per heavy atom. The molecule has 0 saturated carbocycles. The maximum absolute atomic E-state index is 11.4. The monoisotopic (exact) mass is 370 g/mol. The van der Waals surface area contributed by atoms with Crippen molar-refractivity contribution in [1.29, 1.82) is 0 Å². The van der Waals surface area contributed by atoms with Crippen LogP contribution in [0.5, 0.6) is 0 Å². The molecule has 0 heterocycles. The van der Waals surface area contributed by atoms with Crippen LogP contribution in [-0.2, 0) is 28.1 Å². The van der Waals surface area contributed by atoms with E-state index in [4.69, 9.17) is 24.0 Å². The molecule has 0 aliphatic carbocycles. The second-order valence-electron chi connectivity index (χ2n) is 5.43. The number of hydrogen-bond acceptors (Lipinski definition) is 6. The fraction of sp³-hybridized carbons (Fsp3) is 0.933. The van der Waals surface area contributed by atoms with Gasteiger partial charge in [0.2, 0.25) is 0 Å². The van der Waals surface area contributed by atoms with Gasteiger partial charge in [-0.05, 0) is 12.8 Å². The largest absolute Gasteiger partial charge is 0.470 e. The second kappa shape index (κ2) is 14.8. The molecule has 0 aromatic carbocycles. The highest BCUT2D eigenvalue weighted by molar-refractivity contribution is 7.46. The summed E-state index contributed by atoms with van der Waals surface area (Å²) in [5.74, 6) is -0.855. The molecule has 0 aromatic rings. The summed E-state index contributed by atoms with van der Waals surface area (Å²) in [7, 11) is -4.68. The molecule has 144 valence electrons. The fourth-order valence-corrected chi connectivity index (χ4v) is 2.05. The summed E-state index contributed by atoms with van der Waals surface area (Å²) in [5.41, 5.74) is 0. The lowest BCUT2D eigenvalue weighted by Gasteiger charge is -2.18. The molecule has 0 spiro atoms. The Morgan fingerprint density at radius 1 is 1.00 bits per heavy atom. The van der Waals surface area contributed by atoms with Crippen LogP contribution in [0.2, 0.25) is 0 Å². The molecule has 0 amide bonds. The highest BCUT2D eigenvalue weighted by atomic mass is 31.2. The van der Waals surface area contributed by atoms with Crippen LogP contribution in [0, 0.1) is 0 Å². The van der Waals surface area contributed by atoms with E-state index in [1.165, 1.54) is 0 Å². The summed E-state index contributed by atoms with van der Waals surface area (Å²) in [6.45, 7) is 4.84. The van der Waals surface area contributed by atoms with Crippen LogP contribution in [0.1, 0.15) is 52.4 Å². The first-order chi connectivity index (χ1) is 11.4. The van der Waals surface area contributed by atoms with E-state index in [-0.39, 0.29) is 6.61 Å². The third kappa shape index (κ3) is 16.4. The third-order valence-corrected chi connectivity index (χ3v) is 3.54.